The van der Waals surface area contributed by atoms with Crippen LogP contribution >= 0.6 is 0 Å². The van der Waals surface area contributed by atoms with Gasteiger partial charge in [0.25, 0.3) is 0 Å². The Hall–Kier alpha value is -3.92. The maximum atomic E-state index is 6.12. The van der Waals surface area contributed by atoms with Crippen molar-refractivity contribution in [1.82, 2.24) is 4.98 Å². The lowest BCUT2D eigenvalue weighted by molar-refractivity contribution is 0.285. The van der Waals surface area contributed by atoms with Crippen molar-refractivity contribution in [1.29, 1.82) is 0 Å². The van der Waals surface area contributed by atoms with Gasteiger partial charge in [-0.25, -0.2) is 9.98 Å². The Kier molecular flexibility index (Phi) is 4.54. The molecule has 162 valence electrons. The normalized spacial score (nSPS) is 16.2. The van der Waals surface area contributed by atoms with Gasteiger partial charge < -0.3 is 9.15 Å². The maximum absolute atomic E-state index is 6.12. The highest BCUT2D eigenvalue weighted by atomic mass is 16.5. The van der Waals surface area contributed by atoms with Crippen LogP contribution in [0.1, 0.15) is 31.3 Å². The number of hydrogen-bond acceptors (Lipinski definition) is 4. The molecule has 4 aromatic carbocycles. The fourth-order valence-electron chi connectivity index (χ4n) is 4.64. The monoisotopic (exact) mass is 432 g/mol. The molecule has 33 heavy (non-hydrogen) atoms. The summed E-state index contributed by atoms with van der Waals surface area (Å²) in [6, 6.07) is 29.3. The number of rotatable bonds is 4. The summed E-state index contributed by atoms with van der Waals surface area (Å²) in [4.78, 5) is 9.85. The molecule has 0 saturated carbocycles. The molecule has 1 aliphatic rings. The average Bonchev–Trinajstić information content (AvgIpc) is 3.55. The van der Waals surface area contributed by atoms with Crippen LogP contribution in [0.15, 0.2) is 101 Å². The largest absolute Gasteiger partial charge is 0.478 e. The van der Waals surface area contributed by atoms with Crippen LogP contribution in [0.2, 0.25) is 0 Å². The van der Waals surface area contributed by atoms with Crippen LogP contribution in [0.3, 0.4) is 0 Å². The highest BCUT2D eigenvalue weighted by Gasteiger charge is 2.39. The molecule has 4 nitrogen and oxygen atoms in total. The number of fused-ring (bicyclic) bond motifs is 2. The predicted octanol–water partition coefficient (Wildman–Crippen LogP) is 7.10. The molecule has 5 aromatic rings. The van der Waals surface area contributed by atoms with Gasteiger partial charge in [0, 0.05) is 5.56 Å². The molecule has 1 atom stereocenters. The molecule has 0 radical (unpaired) electrons. The van der Waals surface area contributed by atoms with E-state index in [1.165, 1.54) is 21.7 Å². The van der Waals surface area contributed by atoms with Crippen molar-refractivity contribution in [3.63, 3.8) is 0 Å². The zero-order valence-electron chi connectivity index (χ0n) is 18.7. The summed E-state index contributed by atoms with van der Waals surface area (Å²) >= 11 is 0. The van der Waals surface area contributed by atoms with Crippen molar-refractivity contribution in [2.45, 2.75) is 25.3 Å². The molecule has 0 saturated heterocycles. The van der Waals surface area contributed by atoms with Crippen LogP contribution in [-0.2, 0) is 10.2 Å². The summed E-state index contributed by atoms with van der Waals surface area (Å²) in [5.41, 5.74) is 2.48. The van der Waals surface area contributed by atoms with E-state index < -0.39 is 5.41 Å². The van der Waals surface area contributed by atoms with E-state index in [2.05, 4.69) is 86.6 Å². The Labute approximate surface area is 192 Å². The van der Waals surface area contributed by atoms with Crippen LogP contribution in [0, 0.1) is 0 Å². The van der Waals surface area contributed by atoms with Gasteiger partial charge in [-0.2, -0.15) is 0 Å². The first kappa shape index (κ1) is 19.7. The van der Waals surface area contributed by atoms with E-state index in [-0.39, 0.29) is 6.04 Å². The van der Waals surface area contributed by atoms with Gasteiger partial charge in [-0.15, -0.1) is 0 Å². The minimum absolute atomic E-state index is 0.0436. The van der Waals surface area contributed by atoms with E-state index in [4.69, 9.17) is 19.1 Å². The van der Waals surface area contributed by atoms with Crippen LogP contribution in [0.5, 0.6) is 0 Å². The summed E-state index contributed by atoms with van der Waals surface area (Å²) < 4.78 is 12.1. The molecule has 0 amide bonds. The zero-order valence-corrected chi connectivity index (χ0v) is 18.7. The van der Waals surface area contributed by atoms with Gasteiger partial charge in [0.05, 0.1) is 0 Å². The molecule has 0 unspecified atom stereocenters. The van der Waals surface area contributed by atoms with Crippen molar-refractivity contribution in [2.24, 2.45) is 4.99 Å². The number of aliphatic imine (C=N–C) groups is 1. The van der Waals surface area contributed by atoms with Gasteiger partial charge in [0.15, 0.2) is 5.90 Å². The third-order valence-corrected chi connectivity index (χ3v) is 6.47. The van der Waals surface area contributed by atoms with E-state index in [1.54, 1.807) is 6.26 Å². The second-order valence-electron chi connectivity index (χ2n) is 9.02. The lowest BCUT2D eigenvalue weighted by atomic mass is 9.93. The third kappa shape index (κ3) is 3.30. The van der Waals surface area contributed by atoms with Crippen molar-refractivity contribution in [3.05, 3.63) is 103 Å². The molecule has 6 rings (SSSR count). The summed E-state index contributed by atoms with van der Waals surface area (Å²) in [6.07, 6.45) is 1.73. The van der Waals surface area contributed by atoms with Gasteiger partial charge >= 0.3 is 0 Å². The van der Waals surface area contributed by atoms with Crippen LogP contribution < -0.4 is 0 Å². The fourth-order valence-corrected chi connectivity index (χ4v) is 4.64. The van der Waals surface area contributed by atoms with Gasteiger partial charge in [0.2, 0.25) is 5.89 Å². The molecule has 4 heteroatoms. The second kappa shape index (κ2) is 7.59. The number of benzene rings is 4. The van der Waals surface area contributed by atoms with E-state index in [9.17, 15) is 0 Å². The summed E-state index contributed by atoms with van der Waals surface area (Å²) in [7, 11) is 0. The molecule has 0 bridgehead atoms. The topological polar surface area (TPSA) is 47.6 Å². The molecule has 2 heterocycles. The first-order valence-electron chi connectivity index (χ1n) is 11.2. The minimum atomic E-state index is -0.581. The highest BCUT2D eigenvalue weighted by Crippen LogP contribution is 2.36. The molecule has 0 fully saturated rings. The zero-order chi connectivity index (χ0) is 22.4. The Morgan fingerprint density at radius 2 is 1.45 bits per heavy atom. The van der Waals surface area contributed by atoms with Crippen molar-refractivity contribution in [2.75, 3.05) is 6.61 Å². The highest BCUT2D eigenvalue weighted by molar-refractivity contribution is 5.96. The summed E-state index contributed by atoms with van der Waals surface area (Å²) in [5, 5.41) is 4.76. The predicted molar refractivity (Wildman–Crippen MR) is 133 cm³/mol. The Morgan fingerprint density at radius 3 is 2.27 bits per heavy atom. The Morgan fingerprint density at radius 1 is 0.788 bits per heavy atom. The number of nitrogens with zero attached hydrogens (tertiary/aromatic N) is 2. The van der Waals surface area contributed by atoms with Crippen molar-refractivity contribution in [3.8, 4) is 11.3 Å². The van der Waals surface area contributed by atoms with E-state index in [1.807, 2.05) is 12.1 Å². The van der Waals surface area contributed by atoms with Crippen LogP contribution in [0.25, 0.3) is 32.8 Å². The summed E-state index contributed by atoms with van der Waals surface area (Å²) in [6.45, 7) is 4.62. The van der Waals surface area contributed by atoms with Crippen molar-refractivity contribution < 1.29 is 9.15 Å². The molecule has 0 N–H and O–H groups in total. The maximum Gasteiger partial charge on any atom is 0.209 e. The molecule has 0 spiro atoms. The molecular weight excluding hydrogens is 408 g/mol. The lowest BCUT2D eigenvalue weighted by Gasteiger charge is -2.19. The second-order valence-corrected chi connectivity index (χ2v) is 9.02. The van der Waals surface area contributed by atoms with Gasteiger partial charge in [-0.1, -0.05) is 84.9 Å². The fraction of sp³-hybridized carbons (Fsp3) is 0.172. The van der Waals surface area contributed by atoms with Crippen LogP contribution in [0.4, 0.5) is 0 Å². The Bertz CT molecular complexity index is 1500. The molecule has 0 aliphatic carbocycles. The van der Waals surface area contributed by atoms with E-state index in [0.717, 1.165) is 16.6 Å². The van der Waals surface area contributed by atoms with Crippen LogP contribution in [-0.4, -0.2) is 17.5 Å². The average molecular weight is 433 g/mol. The first-order valence-corrected chi connectivity index (χ1v) is 11.2. The number of hydrogen-bond donors (Lipinski definition) is 0. The van der Waals surface area contributed by atoms with Gasteiger partial charge in [-0.05, 0) is 41.0 Å². The molecule has 1 aliphatic heterocycles. The Balaban J connectivity index is 1.35. The lowest BCUT2D eigenvalue weighted by Crippen LogP contribution is -2.29. The SMILES string of the molecule is CC(C)(C1=N[C@@H](c2cccc3ccccc23)CO1)c1nc(-c2cccc3ccccc23)co1. The number of oxazole rings is 1. The number of ether oxygens (including phenoxy) is 1. The smallest absolute Gasteiger partial charge is 0.209 e. The summed E-state index contributed by atoms with van der Waals surface area (Å²) in [5.74, 6) is 1.26. The quantitative estimate of drug-likeness (QED) is 0.304. The molecule has 1 aromatic heterocycles. The molecular formula is C29H24N2O2. The first-order chi connectivity index (χ1) is 16.1. The minimum Gasteiger partial charge on any atom is -0.478 e. The van der Waals surface area contributed by atoms with E-state index >= 15 is 0 Å². The van der Waals surface area contributed by atoms with Crippen molar-refractivity contribution >= 4 is 27.4 Å². The standard InChI is InChI=1S/C29H24N2O2/c1-29(2,27-30-25(17-32-27)23-15-7-11-19-9-3-5-13-21(19)23)28-31-26(18-33-28)24-16-8-12-20-10-4-6-14-22(20)24/h3-17,26H,18H2,1-2H3/t26-/m1/s1. The van der Waals surface area contributed by atoms with E-state index in [0.29, 0.717) is 18.4 Å². The third-order valence-electron chi connectivity index (χ3n) is 6.47. The van der Waals surface area contributed by atoms with Gasteiger partial charge in [0.1, 0.15) is 30.0 Å². The van der Waals surface area contributed by atoms with Gasteiger partial charge in [-0.3, -0.25) is 0 Å². The number of aromatic nitrogens is 1.